The van der Waals surface area contributed by atoms with Gasteiger partial charge in [0.1, 0.15) is 46.4 Å². The van der Waals surface area contributed by atoms with Gasteiger partial charge in [-0.1, -0.05) is 54.6 Å². The molecule has 0 amide bonds. The summed E-state index contributed by atoms with van der Waals surface area (Å²) in [6, 6.07) is 35.0. The first-order valence-electron chi connectivity index (χ1n) is 13.4. The molecule has 4 aliphatic rings. The zero-order valence-corrected chi connectivity index (χ0v) is 21.2. The van der Waals surface area contributed by atoms with Crippen LogP contribution in [-0.4, -0.2) is 4.57 Å². The summed E-state index contributed by atoms with van der Waals surface area (Å²) in [4.78, 5) is 2.45. The fraction of sp³-hybridized carbons (Fsp3) is 0.0588. The van der Waals surface area contributed by atoms with E-state index in [0.29, 0.717) is 0 Å². The second-order valence-corrected chi connectivity index (χ2v) is 10.7. The normalized spacial score (nSPS) is 17.6. The van der Waals surface area contributed by atoms with Crippen molar-refractivity contribution in [2.24, 2.45) is 7.05 Å². The van der Waals surface area contributed by atoms with Gasteiger partial charge in [-0.2, -0.15) is 14.0 Å². The van der Waals surface area contributed by atoms with E-state index in [1.165, 1.54) is 44.9 Å². The van der Waals surface area contributed by atoms with E-state index in [9.17, 15) is 0 Å². The summed E-state index contributed by atoms with van der Waals surface area (Å²) in [5, 5.41) is 0. The Morgan fingerprint density at radius 1 is 0.590 bits per heavy atom. The molecule has 1 atom stereocenters. The van der Waals surface area contributed by atoms with Gasteiger partial charge < -0.3 is 4.74 Å². The zero-order valence-electron chi connectivity index (χ0n) is 21.2. The van der Waals surface area contributed by atoms with Crippen molar-refractivity contribution in [2.75, 3.05) is 4.90 Å². The Kier molecular flexibility index (Phi) is 3.29. The molecule has 0 N–H and O–H groups in total. The number of anilines is 3. The summed E-state index contributed by atoms with van der Waals surface area (Å²) in [6.07, 6.45) is 6.64. The second kappa shape index (κ2) is 6.45. The third kappa shape index (κ3) is 2.04. The lowest BCUT2D eigenvalue weighted by atomic mass is 9.83. The summed E-state index contributed by atoms with van der Waals surface area (Å²) in [7, 11) is 2.13. The summed E-state index contributed by atoms with van der Waals surface area (Å²) < 4.78 is 13.9. The number of aryl methyl sites for hydroxylation is 1. The van der Waals surface area contributed by atoms with Gasteiger partial charge in [0.25, 0.3) is 11.6 Å². The van der Waals surface area contributed by atoms with Crippen LogP contribution in [0.2, 0.25) is 0 Å². The van der Waals surface area contributed by atoms with Crippen LogP contribution < -0.4 is 18.8 Å². The van der Waals surface area contributed by atoms with Gasteiger partial charge in [-0.3, -0.25) is 0 Å². The van der Waals surface area contributed by atoms with Gasteiger partial charge in [0, 0.05) is 5.56 Å². The Hall–Kier alpha value is -5.16. The molecule has 4 aliphatic heterocycles. The molecule has 5 heteroatoms. The minimum atomic E-state index is -0.622. The lowest BCUT2D eigenvalue weighted by Gasteiger charge is -2.40. The minimum Gasteiger partial charge on any atom is -0.456 e. The first-order chi connectivity index (χ1) is 19.3. The topological polar surface area (TPSA) is 25.2 Å². The van der Waals surface area contributed by atoms with Gasteiger partial charge in [0.05, 0.1) is 24.4 Å². The maximum Gasteiger partial charge on any atom is 0.318 e. The maximum absolute atomic E-state index is 6.73. The summed E-state index contributed by atoms with van der Waals surface area (Å²) in [5.74, 6) is 4.13. The number of pyridine rings is 1. The Bertz CT molecular complexity index is 2090. The lowest BCUT2D eigenvalue weighted by molar-refractivity contribution is -0.958. The van der Waals surface area contributed by atoms with Crippen molar-refractivity contribution >= 4 is 17.2 Å². The second-order valence-electron chi connectivity index (χ2n) is 10.7. The van der Waals surface area contributed by atoms with E-state index < -0.39 is 5.66 Å². The summed E-state index contributed by atoms with van der Waals surface area (Å²) in [5.41, 5.74) is 10.2. The molecule has 6 aromatic rings. The molecule has 0 bridgehead atoms. The predicted octanol–water partition coefficient (Wildman–Crippen LogP) is 6.41. The average molecular weight is 503 g/mol. The van der Waals surface area contributed by atoms with E-state index in [1.807, 2.05) is 0 Å². The van der Waals surface area contributed by atoms with E-state index in [0.717, 1.165) is 28.6 Å². The van der Waals surface area contributed by atoms with Crippen LogP contribution in [0.1, 0.15) is 11.1 Å². The molecule has 1 unspecified atom stereocenters. The monoisotopic (exact) mass is 502 g/mol. The number of ether oxygens (including phenoxy) is 1. The molecule has 0 saturated heterocycles. The molecular weight excluding hydrogens is 480 g/mol. The number of fused-ring (bicyclic) bond motifs is 8. The molecule has 182 valence electrons. The van der Waals surface area contributed by atoms with Crippen molar-refractivity contribution < 1.29 is 13.9 Å². The van der Waals surface area contributed by atoms with Gasteiger partial charge in [-0.15, -0.1) is 0 Å². The van der Waals surface area contributed by atoms with E-state index in [1.54, 1.807) is 0 Å². The summed E-state index contributed by atoms with van der Waals surface area (Å²) >= 11 is 0. The Balaban J connectivity index is 1.48. The molecule has 1 spiro atoms. The number of nitrogens with zero attached hydrogens (tertiary/aromatic N) is 4. The molecular formula is C34H22N4O+2. The number of para-hydroxylation sites is 1. The van der Waals surface area contributed by atoms with Crippen LogP contribution in [0.15, 0.2) is 116 Å². The van der Waals surface area contributed by atoms with Crippen LogP contribution in [0, 0.1) is 0 Å². The maximum atomic E-state index is 6.73. The van der Waals surface area contributed by atoms with Crippen LogP contribution in [-0.2, 0) is 12.7 Å². The summed E-state index contributed by atoms with van der Waals surface area (Å²) in [6.45, 7) is 0. The van der Waals surface area contributed by atoms with E-state index in [2.05, 4.69) is 141 Å². The smallest absolute Gasteiger partial charge is 0.318 e. The number of aromatic nitrogens is 3. The van der Waals surface area contributed by atoms with Gasteiger partial charge >= 0.3 is 5.66 Å². The fourth-order valence-electron chi connectivity index (χ4n) is 7.61. The highest BCUT2D eigenvalue weighted by molar-refractivity contribution is 6.01. The number of hydrogen-bond acceptors (Lipinski definition) is 2. The Labute approximate surface area is 225 Å². The third-order valence-corrected chi connectivity index (χ3v) is 8.96. The Morgan fingerprint density at radius 2 is 1.26 bits per heavy atom. The van der Waals surface area contributed by atoms with Crippen molar-refractivity contribution in [3.05, 3.63) is 127 Å². The standard InChI is InChI=1S/C34H22N4O/c1-35-19-20-37-32(35)25-12-6-16-28-30(25)34(37)31-27(15-7-17-29(31)39-28)38-26-14-5-4-11-23(26)21-9-2-3-10-22(21)24-13-8-18-36(34)33(24)38/h2-20H,1H3/q+2. The zero-order chi connectivity index (χ0) is 25.5. The van der Waals surface area contributed by atoms with Crippen LogP contribution in [0.3, 0.4) is 0 Å². The number of rotatable bonds is 0. The molecule has 6 heterocycles. The third-order valence-electron chi connectivity index (χ3n) is 8.96. The lowest BCUT2D eigenvalue weighted by Crippen LogP contribution is -2.75. The molecule has 39 heavy (non-hydrogen) atoms. The van der Waals surface area contributed by atoms with Crippen LogP contribution in [0.25, 0.3) is 33.6 Å². The van der Waals surface area contributed by atoms with Crippen molar-refractivity contribution in [1.29, 1.82) is 0 Å². The highest BCUT2D eigenvalue weighted by atomic mass is 16.5. The number of benzene rings is 4. The van der Waals surface area contributed by atoms with Gasteiger partial charge in [0.2, 0.25) is 0 Å². The first-order valence-corrected chi connectivity index (χ1v) is 13.4. The first kappa shape index (κ1) is 19.9. The molecule has 0 aliphatic carbocycles. The predicted molar refractivity (Wildman–Crippen MR) is 148 cm³/mol. The molecule has 2 aromatic heterocycles. The number of hydrogen-bond donors (Lipinski definition) is 0. The fourth-order valence-corrected chi connectivity index (χ4v) is 7.61. The number of imidazole rings is 1. The van der Waals surface area contributed by atoms with Gasteiger partial charge in [-0.25, -0.2) is 4.57 Å². The van der Waals surface area contributed by atoms with Crippen LogP contribution in [0.5, 0.6) is 11.5 Å². The van der Waals surface area contributed by atoms with Crippen molar-refractivity contribution in [3.8, 4) is 45.1 Å². The highest BCUT2D eigenvalue weighted by Gasteiger charge is 2.67. The van der Waals surface area contributed by atoms with Crippen LogP contribution >= 0.6 is 0 Å². The molecule has 0 radical (unpaired) electrons. The molecule has 0 saturated carbocycles. The molecule has 10 rings (SSSR count). The van der Waals surface area contributed by atoms with Crippen molar-refractivity contribution in [1.82, 2.24) is 4.57 Å². The van der Waals surface area contributed by atoms with E-state index in [4.69, 9.17) is 4.74 Å². The quantitative estimate of drug-likeness (QED) is 0.224. The van der Waals surface area contributed by atoms with Crippen molar-refractivity contribution in [3.63, 3.8) is 0 Å². The Morgan fingerprint density at radius 3 is 2.13 bits per heavy atom. The largest absolute Gasteiger partial charge is 0.456 e. The van der Waals surface area contributed by atoms with Crippen molar-refractivity contribution in [2.45, 2.75) is 5.66 Å². The highest BCUT2D eigenvalue weighted by Crippen LogP contribution is 2.60. The molecule has 5 nitrogen and oxygen atoms in total. The van der Waals surface area contributed by atoms with E-state index >= 15 is 0 Å². The minimum absolute atomic E-state index is 0.622. The average Bonchev–Trinajstić information content (AvgIpc) is 3.47. The SMILES string of the molecule is Cn1cc[n+]2c1-c1cccc3c1C21c2c(cccc2N2c4ccccc4-c4ccccc4-c4ccc[n+]1c42)O3. The molecule has 4 aromatic carbocycles. The van der Waals surface area contributed by atoms with Gasteiger partial charge in [-0.05, 0) is 53.6 Å². The molecule has 0 fully saturated rings. The van der Waals surface area contributed by atoms with E-state index in [-0.39, 0.29) is 0 Å². The van der Waals surface area contributed by atoms with Crippen LogP contribution in [0.4, 0.5) is 17.2 Å². The van der Waals surface area contributed by atoms with Gasteiger partial charge in [0.15, 0.2) is 0 Å².